The number of hydrogen-bond acceptors (Lipinski definition) is 2. The van der Waals surface area contributed by atoms with E-state index in [4.69, 9.17) is 0 Å². The molecule has 1 unspecified atom stereocenters. The Bertz CT molecular complexity index is 590. The summed E-state index contributed by atoms with van der Waals surface area (Å²) in [6.45, 7) is 5.37. The van der Waals surface area contributed by atoms with Gasteiger partial charge in [-0.3, -0.25) is 4.79 Å². The second-order valence-electron chi connectivity index (χ2n) is 6.11. The zero-order chi connectivity index (χ0) is 16.5. The molecule has 3 nitrogen and oxygen atoms in total. The maximum absolute atomic E-state index is 10.4. The van der Waals surface area contributed by atoms with Crippen LogP contribution >= 0.6 is 0 Å². The SMILES string of the molecule is Cc1ccc(CC(C)NCCCc2ccc(NC=O)cc2)cc1. The van der Waals surface area contributed by atoms with E-state index in [2.05, 4.69) is 60.9 Å². The topological polar surface area (TPSA) is 41.1 Å². The molecular formula is C20H26N2O. The number of amides is 1. The van der Waals surface area contributed by atoms with Gasteiger partial charge in [0.1, 0.15) is 0 Å². The van der Waals surface area contributed by atoms with E-state index in [0.717, 1.165) is 31.5 Å². The average molecular weight is 310 g/mol. The molecule has 0 spiro atoms. The van der Waals surface area contributed by atoms with E-state index in [1.807, 2.05) is 12.1 Å². The minimum atomic E-state index is 0.483. The second kappa shape index (κ2) is 9.11. The smallest absolute Gasteiger partial charge is 0.211 e. The van der Waals surface area contributed by atoms with Crippen molar-refractivity contribution in [1.82, 2.24) is 5.32 Å². The van der Waals surface area contributed by atoms with E-state index in [9.17, 15) is 4.79 Å². The molecule has 122 valence electrons. The Morgan fingerprint density at radius 2 is 1.65 bits per heavy atom. The van der Waals surface area contributed by atoms with Crippen molar-refractivity contribution in [3.63, 3.8) is 0 Å². The highest BCUT2D eigenvalue weighted by Gasteiger charge is 2.03. The maximum atomic E-state index is 10.4. The molecule has 2 N–H and O–H groups in total. The summed E-state index contributed by atoms with van der Waals surface area (Å²) in [6, 6.07) is 17.3. The number of nitrogens with one attached hydrogen (secondary N) is 2. The van der Waals surface area contributed by atoms with Crippen LogP contribution in [0.4, 0.5) is 5.69 Å². The normalized spacial score (nSPS) is 11.9. The lowest BCUT2D eigenvalue weighted by Gasteiger charge is -2.14. The van der Waals surface area contributed by atoms with Crippen LogP contribution in [-0.4, -0.2) is 19.0 Å². The van der Waals surface area contributed by atoms with Crippen LogP contribution in [0.1, 0.15) is 30.0 Å². The fourth-order valence-corrected chi connectivity index (χ4v) is 2.63. The molecule has 2 aromatic carbocycles. The summed E-state index contributed by atoms with van der Waals surface area (Å²) in [5.41, 5.74) is 4.83. The molecule has 0 saturated carbocycles. The zero-order valence-electron chi connectivity index (χ0n) is 14.0. The number of carbonyl (C=O) groups is 1. The molecular weight excluding hydrogens is 284 g/mol. The monoisotopic (exact) mass is 310 g/mol. The molecule has 0 fully saturated rings. The number of anilines is 1. The van der Waals surface area contributed by atoms with Gasteiger partial charge in [0.05, 0.1) is 0 Å². The first-order valence-electron chi connectivity index (χ1n) is 8.25. The van der Waals surface area contributed by atoms with Gasteiger partial charge in [0.25, 0.3) is 0 Å². The van der Waals surface area contributed by atoms with E-state index in [0.29, 0.717) is 12.5 Å². The van der Waals surface area contributed by atoms with Gasteiger partial charge in [-0.05, 0) is 62.9 Å². The first-order valence-corrected chi connectivity index (χ1v) is 8.25. The standard InChI is InChI=1S/C20H26N2O/c1-16-5-7-19(8-6-16)14-17(2)21-13-3-4-18-9-11-20(12-10-18)22-15-23/h5-12,15,17,21H,3-4,13-14H2,1-2H3,(H,22,23). The molecule has 2 rings (SSSR count). The van der Waals surface area contributed by atoms with Crippen molar-refractivity contribution in [2.24, 2.45) is 0 Å². The zero-order valence-corrected chi connectivity index (χ0v) is 14.0. The van der Waals surface area contributed by atoms with Crippen LogP contribution in [0.25, 0.3) is 0 Å². The highest BCUT2D eigenvalue weighted by atomic mass is 16.1. The van der Waals surface area contributed by atoms with Gasteiger partial charge in [-0.2, -0.15) is 0 Å². The lowest BCUT2D eigenvalue weighted by Crippen LogP contribution is -2.29. The molecule has 0 aliphatic rings. The largest absolute Gasteiger partial charge is 0.329 e. The molecule has 0 heterocycles. The average Bonchev–Trinajstić information content (AvgIpc) is 2.55. The van der Waals surface area contributed by atoms with E-state index in [1.54, 1.807) is 0 Å². The van der Waals surface area contributed by atoms with Crippen molar-refractivity contribution in [2.75, 3.05) is 11.9 Å². The van der Waals surface area contributed by atoms with Crippen molar-refractivity contribution in [2.45, 2.75) is 39.2 Å². The third-order valence-electron chi connectivity index (χ3n) is 3.98. The van der Waals surface area contributed by atoms with Gasteiger partial charge in [0.15, 0.2) is 0 Å². The number of hydrogen-bond donors (Lipinski definition) is 2. The number of rotatable bonds is 9. The summed E-state index contributed by atoms with van der Waals surface area (Å²) in [7, 11) is 0. The van der Waals surface area contributed by atoms with Crippen LogP contribution in [0.15, 0.2) is 48.5 Å². The highest BCUT2D eigenvalue weighted by Crippen LogP contribution is 2.10. The predicted octanol–water partition coefficient (Wildman–Crippen LogP) is 3.72. The summed E-state index contributed by atoms with van der Waals surface area (Å²) in [5.74, 6) is 0. The van der Waals surface area contributed by atoms with Crippen LogP contribution in [0.3, 0.4) is 0 Å². The minimum absolute atomic E-state index is 0.483. The summed E-state index contributed by atoms with van der Waals surface area (Å²) < 4.78 is 0. The molecule has 3 heteroatoms. The Labute approximate surface area is 139 Å². The Hall–Kier alpha value is -2.13. The van der Waals surface area contributed by atoms with E-state index < -0.39 is 0 Å². The van der Waals surface area contributed by atoms with Crippen LogP contribution in [0.2, 0.25) is 0 Å². The van der Waals surface area contributed by atoms with Crippen molar-refractivity contribution >= 4 is 12.1 Å². The number of benzene rings is 2. The fourth-order valence-electron chi connectivity index (χ4n) is 2.63. The van der Waals surface area contributed by atoms with Crippen molar-refractivity contribution in [3.8, 4) is 0 Å². The van der Waals surface area contributed by atoms with Crippen molar-refractivity contribution in [1.29, 1.82) is 0 Å². The second-order valence-corrected chi connectivity index (χ2v) is 6.11. The molecule has 0 aliphatic carbocycles. The Kier molecular flexibility index (Phi) is 6.82. The molecule has 23 heavy (non-hydrogen) atoms. The molecule has 0 radical (unpaired) electrons. The summed E-state index contributed by atoms with van der Waals surface area (Å²) >= 11 is 0. The quantitative estimate of drug-likeness (QED) is 0.547. The van der Waals surface area contributed by atoms with Crippen LogP contribution in [-0.2, 0) is 17.6 Å². The lowest BCUT2D eigenvalue weighted by molar-refractivity contribution is -0.105. The number of carbonyl (C=O) groups excluding carboxylic acids is 1. The molecule has 0 saturated heterocycles. The molecule has 0 aromatic heterocycles. The van der Waals surface area contributed by atoms with Gasteiger partial charge in [0, 0.05) is 11.7 Å². The summed E-state index contributed by atoms with van der Waals surface area (Å²) in [4.78, 5) is 10.4. The van der Waals surface area contributed by atoms with Gasteiger partial charge in [-0.25, -0.2) is 0 Å². The van der Waals surface area contributed by atoms with E-state index in [-0.39, 0.29) is 0 Å². The number of aryl methyl sites for hydroxylation is 2. The first kappa shape index (κ1) is 17.2. The molecule has 1 atom stereocenters. The van der Waals surface area contributed by atoms with Crippen LogP contribution < -0.4 is 10.6 Å². The molecule has 0 bridgehead atoms. The van der Waals surface area contributed by atoms with Gasteiger partial charge < -0.3 is 10.6 Å². The maximum Gasteiger partial charge on any atom is 0.211 e. The van der Waals surface area contributed by atoms with Gasteiger partial charge in [0.2, 0.25) is 6.41 Å². The predicted molar refractivity (Wildman–Crippen MR) is 96.8 cm³/mol. The van der Waals surface area contributed by atoms with Crippen LogP contribution in [0, 0.1) is 6.92 Å². The lowest BCUT2D eigenvalue weighted by atomic mass is 10.1. The minimum Gasteiger partial charge on any atom is -0.329 e. The van der Waals surface area contributed by atoms with E-state index in [1.165, 1.54) is 16.7 Å². The first-order chi connectivity index (χ1) is 11.2. The third-order valence-corrected chi connectivity index (χ3v) is 3.98. The Morgan fingerprint density at radius 1 is 1.00 bits per heavy atom. The van der Waals surface area contributed by atoms with Gasteiger partial charge in [-0.1, -0.05) is 42.0 Å². The van der Waals surface area contributed by atoms with Gasteiger partial charge in [-0.15, -0.1) is 0 Å². The molecule has 1 amide bonds. The van der Waals surface area contributed by atoms with Gasteiger partial charge >= 0.3 is 0 Å². The highest BCUT2D eigenvalue weighted by molar-refractivity contribution is 5.71. The Morgan fingerprint density at radius 3 is 2.30 bits per heavy atom. The molecule has 0 aliphatic heterocycles. The van der Waals surface area contributed by atoms with Crippen LogP contribution in [0.5, 0.6) is 0 Å². The molecule has 2 aromatic rings. The van der Waals surface area contributed by atoms with Crippen molar-refractivity contribution in [3.05, 3.63) is 65.2 Å². The Balaban J connectivity index is 1.66. The third kappa shape index (κ3) is 6.25. The summed E-state index contributed by atoms with van der Waals surface area (Å²) in [5, 5.41) is 6.24. The van der Waals surface area contributed by atoms with Crippen molar-refractivity contribution < 1.29 is 4.79 Å². The van der Waals surface area contributed by atoms with E-state index >= 15 is 0 Å². The summed E-state index contributed by atoms with van der Waals surface area (Å²) in [6.07, 6.45) is 3.92. The fraction of sp³-hybridized carbons (Fsp3) is 0.350.